The van der Waals surface area contributed by atoms with Crippen LogP contribution in [0.1, 0.15) is 28.2 Å². The lowest BCUT2D eigenvalue weighted by Crippen LogP contribution is -2.36. The average molecular weight is 488 g/mol. The Labute approximate surface area is 201 Å². The molecule has 5 rings (SSSR count). The van der Waals surface area contributed by atoms with Crippen LogP contribution in [0.5, 0.6) is 5.75 Å². The van der Waals surface area contributed by atoms with E-state index in [1.165, 1.54) is 24.2 Å². The van der Waals surface area contributed by atoms with Gasteiger partial charge in [0.15, 0.2) is 0 Å². The summed E-state index contributed by atoms with van der Waals surface area (Å²) in [4.78, 5) is 22.8. The summed E-state index contributed by atoms with van der Waals surface area (Å²) in [7, 11) is 0. The minimum atomic E-state index is -0.0391. The van der Waals surface area contributed by atoms with Gasteiger partial charge in [0, 0.05) is 35.8 Å². The van der Waals surface area contributed by atoms with Gasteiger partial charge in [-0.05, 0) is 56.3 Å². The normalized spacial score (nSPS) is 16.4. The highest BCUT2D eigenvalue weighted by molar-refractivity contribution is 7.17. The quantitative estimate of drug-likeness (QED) is 0.441. The van der Waals surface area contributed by atoms with Gasteiger partial charge in [-0.3, -0.25) is 9.69 Å². The standard InChI is InChI=1S/C24H23Cl2N3O2S/c25-17-5-3-16(4-6-17)23-27-20-9-12-29(24(30)22(20)32-23)18-7-8-21(19(26)15-18)31-14-13-28-10-1-2-11-28/h3-8,15H,1-2,9-14H2. The average Bonchev–Trinajstić information content (AvgIpc) is 3.46. The molecule has 0 unspecified atom stereocenters. The molecule has 3 aromatic rings. The number of aromatic nitrogens is 1. The molecule has 0 spiro atoms. The predicted molar refractivity (Wildman–Crippen MR) is 131 cm³/mol. The lowest BCUT2D eigenvalue weighted by atomic mass is 10.1. The first kappa shape index (κ1) is 21.7. The highest BCUT2D eigenvalue weighted by atomic mass is 35.5. The van der Waals surface area contributed by atoms with Crippen LogP contribution in [0, 0.1) is 0 Å². The molecular weight excluding hydrogens is 465 g/mol. The molecule has 0 saturated carbocycles. The van der Waals surface area contributed by atoms with Crippen molar-refractivity contribution in [3.63, 3.8) is 0 Å². The summed E-state index contributed by atoms with van der Waals surface area (Å²) >= 11 is 13.9. The van der Waals surface area contributed by atoms with Crippen molar-refractivity contribution < 1.29 is 9.53 Å². The summed E-state index contributed by atoms with van der Waals surface area (Å²) < 4.78 is 5.89. The van der Waals surface area contributed by atoms with Crippen LogP contribution in [-0.2, 0) is 6.42 Å². The number of rotatable bonds is 6. The van der Waals surface area contributed by atoms with E-state index in [-0.39, 0.29) is 5.91 Å². The van der Waals surface area contributed by atoms with Crippen LogP contribution in [0.3, 0.4) is 0 Å². The fraction of sp³-hybridized carbons (Fsp3) is 0.333. The highest BCUT2D eigenvalue weighted by Crippen LogP contribution is 2.36. The third-order valence-corrected chi connectivity index (χ3v) is 7.57. The first-order valence-electron chi connectivity index (χ1n) is 10.8. The maximum atomic E-state index is 13.2. The number of likely N-dealkylation sites (tertiary alicyclic amines) is 1. The number of benzene rings is 2. The maximum Gasteiger partial charge on any atom is 0.270 e. The van der Waals surface area contributed by atoms with Crippen molar-refractivity contribution >= 4 is 46.1 Å². The first-order chi connectivity index (χ1) is 15.6. The SMILES string of the molecule is O=C1c2sc(-c3ccc(Cl)cc3)nc2CCN1c1ccc(OCCN2CCCC2)c(Cl)c1. The van der Waals surface area contributed by atoms with Gasteiger partial charge in [-0.2, -0.15) is 0 Å². The Morgan fingerprint density at radius 2 is 1.81 bits per heavy atom. The smallest absolute Gasteiger partial charge is 0.270 e. The largest absolute Gasteiger partial charge is 0.491 e. The Morgan fingerprint density at radius 1 is 1.03 bits per heavy atom. The van der Waals surface area contributed by atoms with Crippen LogP contribution >= 0.6 is 34.5 Å². The van der Waals surface area contributed by atoms with Crippen LogP contribution in [0.4, 0.5) is 5.69 Å². The summed E-state index contributed by atoms with van der Waals surface area (Å²) in [5.74, 6) is 0.616. The summed E-state index contributed by atoms with van der Waals surface area (Å²) in [6.45, 7) is 4.38. The van der Waals surface area contributed by atoms with Gasteiger partial charge in [0.2, 0.25) is 0 Å². The number of fused-ring (bicyclic) bond motifs is 1. The molecule has 1 saturated heterocycles. The van der Waals surface area contributed by atoms with E-state index in [2.05, 4.69) is 4.90 Å². The van der Waals surface area contributed by atoms with Crippen LogP contribution < -0.4 is 9.64 Å². The fourth-order valence-corrected chi connectivity index (χ4v) is 5.58. The second-order valence-corrected chi connectivity index (χ2v) is 9.86. The first-order valence-corrected chi connectivity index (χ1v) is 12.4. The van der Waals surface area contributed by atoms with E-state index in [1.54, 1.807) is 4.90 Å². The van der Waals surface area contributed by atoms with Crippen molar-refractivity contribution in [2.24, 2.45) is 0 Å². The number of halogens is 2. The molecule has 32 heavy (non-hydrogen) atoms. The molecule has 1 fully saturated rings. The summed E-state index contributed by atoms with van der Waals surface area (Å²) in [6.07, 6.45) is 3.24. The second kappa shape index (κ2) is 9.40. The zero-order chi connectivity index (χ0) is 22.1. The van der Waals surface area contributed by atoms with E-state index >= 15 is 0 Å². The molecule has 0 N–H and O–H groups in total. The number of anilines is 1. The topological polar surface area (TPSA) is 45.7 Å². The van der Waals surface area contributed by atoms with Gasteiger partial charge in [-0.1, -0.05) is 35.3 Å². The lowest BCUT2D eigenvalue weighted by Gasteiger charge is -2.26. The molecule has 3 heterocycles. The van der Waals surface area contributed by atoms with Gasteiger partial charge in [0.25, 0.3) is 5.91 Å². The molecule has 0 aliphatic carbocycles. The highest BCUT2D eigenvalue weighted by Gasteiger charge is 2.30. The van der Waals surface area contributed by atoms with Gasteiger partial charge < -0.3 is 9.64 Å². The molecule has 2 aliphatic heterocycles. The van der Waals surface area contributed by atoms with Crippen LogP contribution in [0.15, 0.2) is 42.5 Å². The van der Waals surface area contributed by atoms with Crippen molar-refractivity contribution in [1.82, 2.24) is 9.88 Å². The van der Waals surface area contributed by atoms with Crippen molar-refractivity contribution in [1.29, 1.82) is 0 Å². The Bertz CT molecular complexity index is 1130. The van der Waals surface area contributed by atoms with Gasteiger partial charge in [0.05, 0.1) is 10.7 Å². The molecule has 1 aromatic heterocycles. The van der Waals surface area contributed by atoms with E-state index in [0.29, 0.717) is 40.2 Å². The number of hydrogen-bond acceptors (Lipinski definition) is 5. The molecule has 0 atom stereocenters. The summed E-state index contributed by atoms with van der Waals surface area (Å²) in [5.41, 5.74) is 2.60. The molecule has 166 valence electrons. The maximum absolute atomic E-state index is 13.2. The Morgan fingerprint density at radius 3 is 2.56 bits per heavy atom. The van der Waals surface area contributed by atoms with E-state index in [1.807, 2.05) is 42.5 Å². The third kappa shape index (κ3) is 4.50. The monoisotopic (exact) mass is 487 g/mol. The van der Waals surface area contributed by atoms with Crippen molar-refractivity contribution in [2.45, 2.75) is 19.3 Å². The predicted octanol–water partition coefficient (Wildman–Crippen LogP) is 5.79. The van der Waals surface area contributed by atoms with Crippen LogP contribution in [0.2, 0.25) is 10.0 Å². The molecule has 0 bridgehead atoms. The number of ether oxygens (including phenoxy) is 1. The molecule has 0 radical (unpaired) electrons. The van der Waals surface area contributed by atoms with Crippen molar-refractivity contribution in [3.8, 4) is 16.3 Å². The molecular formula is C24H23Cl2N3O2S. The number of hydrogen-bond donors (Lipinski definition) is 0. The second-order valence-electron chi connectivity index (χ2n) is 8.02. The van der Waals surface area contributed by atoms with E-state index in [9.17, 15) is 4.79 Å². The summed E-state index contributed by atoms with van der Waals surface area (Å²) in [6, 6.07) is 13.1. The lowest BCUT2D eigenvalue weighted by molar-refractivity contribution is 0.0984. The zero-order valence-corrected chi connectivity index (χ0v) is 19.8. The minimum absolute atomic E-state index is 0.0391. The van der Waals surface area contributed by atoms with Gasteiger partial charge in [-0.15, -0.1) is 11.3 Å². The Balaban J connectivity index is 1.29. The van der Waals surface area contributed by atoms with Gasteiger partial charge >= 0.3 is 0 Å². The Kier molecular flexibility index (Phi) is 6.37. The Hall–Kier alpha value is -2.12. The van der Waals surface area contributed by atoms with Gasteiger partial charge in [0.1, 0.15) is 22.2 Å². The van der Waals surface area contributed by atoms with E-state index in [4.69, 9.17) is 32.9 Å². The van der Waals surface area contributed by atoms with E-state index < -0.39 is 0 Å². The van der Waals surface area contributed by atoms with Crippen molar-refractivity contribution in [2.75, 3.05) is 37.7 Å². The van der Waals surface area contributed by atoms with E-state index in [0.717, 1.165) is 41.6 Å². The van der Waals surface area contributed by atoms with Crippen molar-refractivity contribution in [3.05, 3.63) is 63.1 Å². The molecule has 8 heteroatoms. The number of thiazole rings is 1. The number of amides is 1. The molecule has 1 amide bonds. The summed E-state index contributed by atoms with van der Waals surface area (Å²) in [5, 5.41) is 2.04. The zero-order valence-electron chi connectivity index (χ0n) is 17.5. The number of carbonyl (C=O) groups is 1. The molecule has 2 aliphatic rings. The molecule has 5 nitrogen and oxygen atoms in total. The number of carbonyl (C=O) groups excluding carboxylic acids is 1. The third-order valence-electron chi connectivity index (χ3n) is 5.89. The van der Waals surface area contributed by atoms with Crippen LogP contribution in [0.25, 0.3) is 10.6 Å². The molecule has 2 aromatic carbocycles. The number of nitrogens with zero attached hydrogens (tertiary/aromatic N) is 3. The van der Waals surface area contributed by atoms with Gasteiger partial charge in [-0.25, -0.2) is 4.98 Å². The fourth-order valence-electron chi connectivity index (χ4n) is 4.16. The minimum Gasteiger partial charge on any atom is -0.491 e. The van der Waals surface area contributed by atoms with Crippen LogP contribution in [-0.4, -0.2) is 48.6 Å².